The van der Waals surface area contributed by atoms with Crippen LogP contribution in [0.3, 0.4) is 0 Å². The first-order valence-corrected chi connectivity index (χ1v) is 7.75. The number of aliphatic hydroxyl groups is 1. The molecule has 0 aromatic carbocycles. The van der Waals surface area contributed by atoms with Crippen molar-refractivity contribution in [2.75, 3.05) is 12.4 Å². The van der Waals surface area contributed by atoms with E-state index in [4.69, 9.17) is 5.11 Å². The molecule has 1 rings (SSSR count). The third kappa shape index (κ3) is 4.88. The molecule has 0 amide bonds. The highest BCUT2D eigenvalue weighted by molar-refractivity contribution is 7.89. The maximum absolute atomic E-state index is 11.5. The molecule has 4 nitrogen and oxygen atoms in total. The summed E-state index contributed by atoms with van der Waals surface area (Å²) in [6.45, 7) is 1.88. The molecule has 1 aromatic heterocycles. The zero-order valence-electron chi connectivity index (χ0n) is 9.56. The molecule has 0 aliphatic carbocycles. The highest BCUT2D eigenvalue weighted by Gasteiger charge is 2.10. The van der Waals surface area contributed by atoms with E-state index in [0.717, 1.165) is 10.4 Å². The number of thiophene rings is 1. The molecule has 0 aliphatic heterocycles. The molecule has 0 aliphatic rings. The second kappa shape index (κ2) is 6.77. The number of hydrogen-bond donors (Lipinski definition) is 2. The fraction of sp³-hybridized carbons (Fsp3) is 0.455. The van der Waals surface area contributed by atoms with Gasteiger partial charge in [0.05, 0.1) is 5.75 Å². The average molecular weight is 273 g/mol. The summed E-state index contributed by atoms with van der Waals surface area (Å²) in [5, 5.41) is 10.5. The minimum Gasteiger partial charge on any atom is -0.384 e. The molecule has 0 bridgehead atoms. The zero-order chi connectivity index (χ0) is 12.7. The Morgan fingerprint density at radius 3 is 2.94 bits per heavy atom. The maximum Gasteiger partial charge on any atom is 0.211 e. The van der Waals surface area contributed by atoms with Crippen molar-refractivity contribution in [3.05, 3.63) is 21.9 Å². The van der Waals surface area contributed by atoms with Crippen LogP contribution in [0.25, 0.3) is 0 Å². The Balaban J connectivity index is 2.67. The van der Waals surface area contributed by atoms with E-state index in [1.165, 1.54) is 11.3 Å². The summed E-state index contributed by atoms with van der Waals surface area (Å²) in [4.78, 5) is 0.866. The fourth-order valence-corrected chi connectivity index (χ4v) is 3.15. The van der Waals surface area contributed by atoms with Crippen LogP contribution in [0.4, 0.5) is 0 Å². The van der Waals surface area contributed by atoms with Gasteiger partial charge >= 0.3 is 0 Å². The van der Waals surface area contributed by atoms with Gasteiger partial charge in [0.2, 0.25) is 10.0 Å². The predicted octanol–water partition coefficient (Wildman–Crippen LogP) is 0.921. The molecular formula is C11H15NO3S2. The lowest BCUT2D eigenvalue weighted by molar-refractivity contribution is 0.350. The Morgan fingerprint density at radius 1 is 1.53 bits per heavy atom. The third-order valence-corrected chi connectivity index (χ3v) is 4.42. The van der Waals surface area contributed by atoms with Gasteiger partial charge in [-0.1, -0.05) is 18.8 Å². The molecule has 0 unspecified atom stereocenters. The van der Waals surface area contributed by atoms with Gasteiger partial charge in [0.15, 0.2) is 0 Å². The molecule has 0 radical (unpaired) electrons. The predicted molar refractivity (Wildman–Crippen MR) is 69.2 cm³/mol. The Morgan fingerprint density at radius 2 is 2.29 bits per heavy atom. The van der Waals surface area contributed by atoms with E-state index in [9.17, 15) is 8.42 Å². The molecule has 17 heavy (non-hydrogen) atoms. The summed E-state index contributed by atoms with van der Waals surface area (Å²) in [5.41, 5.74) is 0.767. The topological polar surface area (TPSA) is 66.4 Å². The normalized spacial score (nSPS) is 10.9. The van der Waals surface area contributed by atoms with Crippen LogP contribution in [0.2, 0.25) is 0 Å². The summed E-state index contributed by atoms with van der Waals surface area (Å²) in [6, 6.07) is 1.82. The van der Waals surface area contributed by atoms with Gasteiger partial charge in [-0.3, -0.25) is 0 Å². The highest BCUT2D eigenvalue weighted by Crippen LogP contribution is 2.15. The second-order valence-electron chi connectivity index (χ2n) is 3.36. The number of rotatable bonds is 5. The molecule has 2 N–H and O–H groups in total. The maximum atomic E-state index is 11.5. The van der Waals surface area contributed by atoms with Crippen LogP contribution in [-0.4, -0.2) is 25.9 Å². The van der Waals surface area contributed by atoms with Crippen LogP contribution >= 0.6 is 11.3 Å². The van der Waals surface area contributed by atoms with Crippen molar-refractivity contribution in [1.82, 2.24) is 4.72 Å². The van der Waals surface area contributed by atoms with Gasteiger partial charge in [0.1, 0.15) is 6.61 Å². The second-order valence-corrected chi connectivity index (χ2v) is 6.28. The number of sulfonamides is 1. The van der Waals surface area contributed by atoms with Gasteiger partial charge in [0, 0.05) is 17.0 Å². The Kier molecular flexibility index (Phi) is 5.65. The average Bonchev–Trinajstić information content (AvgIpc) is 2.71. The van der Waals surface area contributed by atoms with Gasteiger partial charge in [-0.05, 0) is 17.9 Å². The largest absolute Gasteiger partial charge is 0.384 e. The lowest BCUT2D eigenvalue weighted by atomic mass is 10.2. The summed E-state index contributed by atoms with van der Waals surface area (Å²) in [7, 11) is -3.19. The van der Waals surface area contributed by atoms with Crippen molar-refractivity contribution in [1.29, 1.82) is 0 Å². The van der Waals surface area contributed by atoms with Gasteiger partial charge in [-0.15, -0.1) is 11.3 Å². The highest BCUT2D eigenvalue weighted by atomic mass is 32.2. The van der Waals surface area contributed by atoms with E-state index < -0.39 is 10.0 Å². The molecular weight excluding hydrogens is 258 g/mol. The van der Waals surface area contributed by atoms with Gasteiger partial charge in [-0.25, -0.2) is 13.1 Å². The van der Waals surface area contributed by atoms with Crippen LogP contribution in [-0.2, 0) is 16.6 Å². The van der Waals surface area contributed by atoms with E-state index in [2.05, 4.69) is 16.6 Å². The van der Waals surface area contributed by atoms with Crippen molar-refractivity contribution in [3.8, 4) is 11.8 Å². The molecule has 0 spiro atoms. The summed E-state index contributed by atoms with van der Waals surface area (Å²) >= 11 is 1.45. The fourth-order valence-electron chi connectivity index (χ4n) is 1.24. The minimum atomic E-state index is -3.19. The molecule has 94 valence electrons. The van der Waals surface area contributed by atoms with E-state index in [1.54, 1.807) is 0 Å². The SMILES string of the molecule is CCCS(=O)(=O)NCc1sccc1C#CCO. The molecule has 0 saturated heterocycles. The molecule has 0 fully saturated rings. The summed E-state index contributed by atoms with van der Waals surface area (Å²) in [6.07, 6.45) is 0.594. The van der Waals surface area contributed by atoms with Crippen LogP contribution in [0.1, 0.15) is 23.8 Å². The van der Waals surface area contributed by atoms with Crippen molar-refractivity contribution in [2.45, 2.75) is 19.9 Å². The van der Waals surface area contributed by atoms with Crippen LogP contribution in [0, 0.1) is 11.8 Å². The van der Waals surface area contributed by atoms with Crippen molar-refractivity contribution < 1.29 is 13.5 Å². The first kappa shape index (κ1) is 14.2. The number of hydrogen-bond acceptors (Lipinski definition) is 4. The summed E-state index contributed by atoms with van der Waals surface area (Å²) in [5.74, 6) is 5.47. The number of aliphatic hydroxyl groups excluding tert-OH is 1. The van der Waals surface area contributed by atoms with Gasteiger partial charge in [-0.2, -0.15) is 0 Å². The Hall–Kier alpha value is -0.870. The van der Waals surface area contributed by atoms with Crippen LogP contribution in [0.5, 0.6) is 0 Å². The first-order valence-electron chi connectivity index (χ1n) is 5.22. The molecule has 1 heterocycles. The van der Waals surface area contributed by atoms with E-state index in [1.807, 2.05) is 18.4 Å². The number of nitrogens with one attached hydrogen (secondary N) is 1. The van der Waals surface area contributed by atoms with Crippen LogP contribution < -0.4 is 4.72 Å². The standard InChI is InChI=1S/C11H15NO3S2/c1-2-8-17(14,15)12-9-11-10(4-3-6-13)5-7-16-11/h5,7,12-13H,2,6,8-9H2,1H3. The lowest BCUT2D eigenvalue weighted by Crippen LogP contribution is -2.25. The van der Waals surface area contributed by atoms with E-state index >= 15 is 0 Å². The van der Waals surface area contributed by atoms with E-state index in [-0.39, 0.29) is 18.9 Å². The first-order chi connectivity index (χ1) is 8.09. The van der Waals surface area contributed by atoms with Crippen LogP contribution in [0.15, 0.2) is 11.4 Å². The smallest absolute Gasteiger partial charge is 0.211 e. The third-order valence-electron chi connectivity index (χ3n) is 1.97. The molecule has 6 heteroatoms. The Bertz CT molecular complexity index is 508. The lowest BCUT2D eigenvalue weighted by Gasteiger charge is -2.04. The molecule has 0 saturated carbocycles. The van der Waals surface area contributed by atoms with Crippen molar-refractivity contribution >= 4 is 21.4 Å². The quantitative estimate of drug-likeness (QED) is 0.784. The monoisotopic (exact) mass is 273 g/mol. The zero-order valence-corrected chi connectivity index (χ0v) is 11.2. The van der Waals surface area contributed by atoms with Gasteiger partial charge in [0.25, 0.3) is 0 Å². The molecule has 0 atom stereocenters. The minimum absolute atomic E-state index is 0.135. The van der Waals surface area contributed by atoms with Crippen molar-refractivity contribution in [3.63, 3.8) is 0 Å². The summed E-state index contributed by atoms with van der Waals surface area (Å²) < 4.78 is 25.5. The van der Waals surface area contributed by atoms with Gasteiger partial charge < -0.3 is 5.11 Å². The van der Waals surface area contributed by atoms with Crippen molar-refractivity contribution in [2.24, 2.45) is 0 Å². The Labute approximate surface area is 106 Å². The molecule has 1 aromatic rings. The van der Waals surface area contributed by atoms with E-state index in [0.29, 0.717) is 6.42 Å².